The summed E-state index contributed by atoms with van der Waals surface area (Å²) in [5.74, 6) is -2.44. The predicted molar refractivity (Wildman–Crippen MR) is 217 cm³/mol. The molecule has 0 fully saturated rings. The number of aldehydes is 1. The molecule has 0 amide bonds. The number of halogens is 4. The lowest BCUT2D eigenvalue weighted by molar-refractivity contribution is -0.147. The van der Waals surface area contributed by atoms with Crippen LogP contribution in [0.5, 0.6) is 11.5 Å². The number of phenols is 2. The van der Waals surface area contributed by atoms with Gasteiger partial charge >= 0.3 is 17.9 Å². The Balaban J connectivity index is 0.000000287. The molecule has 4 aromatic carbocycles. The minimum atomic E-state index is -1.31. The third-order valence-electron chi connectivity index (χ3n) is 6.92. The molecule has 12 nitrogen and oxygen atoms in total. The van der Waals surface area contributed by atoms with Crippen LogP contribution in [0.4, 0.5) is 0 Å². The van der Waals surface area contributed by atoms with E-state index in [9.17, 15) is 34.2 Å². The van der Waals surface area contributed by atoms with Crippen LogP contribution in [0, 0.1) is 0 Å². The molecular formula is C40H36Cl4N2O10. The Morgan fingerprint density at radius 2 is 1.21 bits per heavy atom. The molecule has 56 heavy (non-hydrogen) atoms. The molecule has 0 atom stereocenters. The maximum atomic E-state index is 12.0. The third kappa shape index (κ3) is 18.6. The molecule has 5 aromatic rings. The van der Waals surface area contributed by atoms with E-state index in [1.165, 1.54) is 18.2 Å². The van der Waals surface area contributed by atoms with Crippen molar-refractivity contribution in [2.24, 2.45) is 0 Å². The van der Waals surface area contributed by atoms with Gasteiger partial charge in [-0.3, -0.25) is 19.2 Å². The maximum absolute atomic E-state index is 12.0. The Morgan fingerprint density at radius 3 is 1.70 bits per heavy atom. The Bertz CT molecular complexity index is 2140. The number of hydrogen-bond acceptors (Lipinski definition) is 8. The normalized spacial score (nSPS) is 10.4. The van der Waals surface area contributed by atoms with Gasteiger partial charge in [-0.2, -0.15) is 0 Å². The number of benzene rings is 4. The molecule has 0 bridgehead atoms. The van der Waals surface area contributed by atoms with E-state index in [0.717, 1.165) is 28.7 Å². The number of ketones is 1. The highest BCUT2D eigenvalue weighted by molar-refractivity contribution is 6.35. The number of Topliss-reactive ketones (excluding diaryl/α,β-unsaturated/α-hetero) is 1. The zero-order chi connectivity index (χ0) is 41.6. The second-order valence-electron chi connectivity index (χ2n) is 11.3. The van der Waals surface area contributed by atoms with Crippen molar-refractivity contribution in [2.45, 2.75) is 38.5 Å². The van der Waals surface area contributed by atoms with Crippen LogP contribution in [0.2, 0.25) is 20.1 Å². The number of para-hydroxylation sites is 2. The summed E-state index contributed by atoms with van der Waals surface area (Å²) in [6, 6.07) is 22.4. The molecule has 0 radical (unpaired) electrons. The first-order chi connectivity index (χ1) is 26.6. The van der Waals surface area contributed by atoms with Crippen molar-refractivity contribution in [3.8, 4) is 11.5 Å². The van der Waals surface area contributed by atoms with Crippen LogP contribution < -0.4 is 0 Å². The number of H-pyrrole nitrogens is 1. The summed E-state index contributed by atoms with van der Waals surface area (Å²) in [6.45, 7) is 0. The van der Waals surface area contributed by atoms with E-state index in [2.05, 4.69) is 9.97 Å². The molecule has 0 saturated heterocycles. The van der Waals surface area contributed by atoms with Crippen molar-refractivity contribution >= 4 is 99.6 Å². The molecule has 0 unspecified atom stereocenters. The molecule has 5 rings (SSSR count). The standard InChI is InChI=1S/C19H17ClN2O2.C10H9ClO3.C8H6Cl2O.C3H4O4/c20-14-9-8-13(18(24)12-14)4-3-5-15(23)10-11-19-21-16-6-1-2-7-17(16)22-19;11-8-5-4-7(9(12)6-8)2-1-3-10(13)14;9-7-2-1-6(3-4-11)8(10)5-7;4-2(5)1-3(6)7/h1-4,6-9,12,24H,5,10-11H2,(H,21,22);1-2,4-6,12H,3H2,(H,13,14);1-2,4-5H,3H2;1H2,(H,4,5)(H,6,7)/b4-3+;2-1+;;. The molecule has 1 aromatic heterocycles. The Kier molecular flexibility index (Phi) is 20.5. The smallest absolute Gasteiger partial charge is 0.314 e. The number of carboxylic acid groups (broad SMARTS) is 3. The Hall–Kier alpha value is -5.66. The minimum absolute atomic E-state index is 0.0409. The van der Waals surface area contributed by atoms with Gasteiger partial charge in [0.05, 0.1) is 17.5 Å². The lowest BCUT2D eigenvalue weighted by Crippen LogP contribution is -2.03. The van der Waals surface area contributed by atoms with Crippen LogP contribution in [-0.4, -0.2) is 65.5 Å². The van der Waals surface area contributed by atoms with Crippen molar-refractivity contribution in [1.29, 1.82) is 0 Å². The summed E-state index contributed by atoms with van der Waals surface area (Å²) in [6.07, 6.45) is 8.11. The first kappa shape index (κ1) is 46.5. The largest absolute Gasteiger partial charge is 0.507 e. The number of aromatic hydroxyl groups is 2. The van der Waals surface area contributed by atoms with Gasteiger partial charge in [-0.15, -0.1) is 0 Å². The number of imidazole rings is 1. The van der Waals surface area contributed by atoms with Crippen LogP contribution >= 0.6 is 46.4 Å². The van der Waals surface area contributed by atoms with E-state index in [-0.39, 0.29) is 23.7 Å². The minimum Gasteiger partial charge on any atom is -0.507 e. The van der Waals surface area contributed by atoms with Gasteiger partial charge in [-0.05, 0) is 66.2 Å². The molecule has 0 aliphatic heterocycles. The molecule has 0 saturated carbocycles. The van der Waals surface area contributed by atoms with Crippen molar-refractivity contribution < 1.29 is 49.5 Å². The van der Waals surface area contributed by atoms with Crippen molar-refractivity contribution in [3.05, 3.63) is 134 Å². The van der Waals surface area contributed by atoms with E-state index < -0.39 is 24.3 Å². The van der Waals surface area contributed by atoms with Gasteiger partial charge in [-0.25, -0.2) is 4.98 Å². The topological polar surface area (TPSA) is 215 Å². The molecule has 6 N–H and O–H groups in total. The molecule has 0 spiro atoms. The fourth-order valence-corrected chi connectivity index (χ4v) is 5.13. The number of nitrogens with zero attached hydrogens (tertiary/aromatic N) is 1. The number of fused-ring (bicyclic) bond motifs is 1. The number of hydrogen-bond donors (Lipinski definition) is 6. The predicted octanol–water partition coefficient (Wildman–Crippen LogP) is 9.34. The number of carbonyl (C=O) groups is 5. The Labute approximate surface area is 341 Å². The monoisotopic (exact) mass is 844 g/mol. The maximum Gasteiger partial charge on any atom is 0.314 e. The number of nitrogens with one attached hydrogen (secondary N) is 1. The summed E-state index contributed by atoms with van der Waals surface area (Å²) >= 11 is 22.8. The van der Waals surface area contributed by atoms with Crippen LogP contribution in [-0.2, 0) is 36.8 Å². The zero-order valence-electron chi connectivity index (χ0n) is 29.4. The highest BCUT2D eigenvalue weighted by Gasteiger charge is 2.06. The van der Waals surface area contributed by atoms with E-state index in [1.54, 1.807) is 60.7 Å². The van der Waals surface area contributed by atoms with Crippen LogP contribution in [0.15, 0.2) is 91.0 Å². The summed E-state index contributed by atoms with van der Waals surface area (Å²) in [7, 11) is 0. The van der Waals surface area contributed by atoms with Gasteiger partial charge < -0.3 is 35.3 Å². The number of carbonyl (C=O) groups excluding carboxylic acids is 2. The van der Waals surface area contributed by atoms with E-state index in [0.29, 0.717) is 56.9 Å². The number of rotatable bonds is 13. The lowest BCUT2D eigenvalue weighted by Gasteiger charge is -1.99. The summed E-state index contributed by atoms with van der Waals surface area (Å²) < 4.78 is 0. The van der Waals surface area contributed by atoms with Gasteiger partial charge in [0.15, 0.2) is 0 Å². The summed E-state index contributed by atoms with van der Waals surface area (Å²) in [4.78, 5) is 58.8. The number of aliphatic carboxylic acids is 3. The first-order valence-electron chi connectivity index (χ1n) is 16.4. The molecular weight excluding hydrogens is 810 g/mol. The molecule has 0 aliphatic carbocycles. The highest BCUT2D eigenvalue weighted by Crippen LogP contribution is 2.24. The SMILES string of the molecule is O=C(C/C=C/c1ccc(Cl)cc1O)CCc1nc2ccccc2[nH]1.O=C(O)C/C=C/c1ccc(Cl)cc1O.O=C(O)CC(=O)O.O=CCc1ccc(Cl)cc1Cl. The van der Waals surface area contributed by atoms with Gasteiger partial charge in [0, 0.05) is 56.9 Å². The van der Waals surface area contributed by atoms with Gasteiger partial charge in [0.1, 0.15) is 35.8 Å². The summed E-state index contributed by atoms with van der Waals surface area (Å²) in [5, 5.41) is 44.9. The lowest BCUT2D eigenvalue weighted by atomic mass is 10.1. The van der Waals surface area contributed by atoms with Gasteiger partial charge in [-0.1, -0.05) is 88.9 Å². The van der Waals surface area contributed by atoms with Crippen LogP contribution in [0.1, 0.15) is 48.2 Å². The number of carboxylic acids is 3. The van der Waals surface area contributed by atoms with E-state index >= 15 is 0 Å². The second kappa shape index (κ2) is 24.7. The summed E-state index contributed by atoms with van der Waals surface area (Å²) in [5.41, 5.74) is 3.90. The number of aromatic nitrogens is 2. The van der Waals surface area contributed by atoms with Crippen molar-refractivity contribution in [2.75, 3.05) is 0 Å². The van der Waals surface area contributed by atoms with Crippen molar-refractivity contribution in [1.82, 2.24) is 9.97 Å². The fraction of sp³-hybridized carbons (Fsp3) is 0.150. The number of aryl methyl sites for hydroxylation is 1. The highest BCUT2D eigenvalue weighted by atomic mass is 35.5. The molecule has 294 valence electrons. The quantitative estimate of drug-likeness (QED) is 0.0485. The van der Waals surface area contributed by atoms with Crippen LogP contribution in [0.3, 0.4) is 0 Å². The number of allylic oxidation sites excluding steroid dienone is 1. The number of aromatic amines is 1. The zero-order valence-corrected chi connectivity index (χ0v) is 32.4. The van der Waals surface area contributed by atoms with Gasteiger partial charge in [0.2, 0.25) is 0 Å². The third-order valence-corrected chi connectivity index (χ3v) is 7.97. The molecule has 16 heteroatoms. The first-order valence-corrected chi connectivity index (χ1v) is 17.9. The fourth-order valence-electron chi connectivity index (χ4n) is 4.31. The molecule has 1 heterocycles. The van der Waals surface area contributed by atoms with Gasteiger partial charge in [0.25, 0.3) is 0 Å². The second-order valence-corrected chi connectivity index (χ2v) is 13.0. The van der Waals surface area contributed by atoms with E-state index in [4.69, 9.17) is 61.7 Å². The number of phenolic OH excluding ortho intramolecular Hbond substituents is 2. The van der Waals surface area contributed by atoms with Crippen LogP contribution in [0.25, 0.3) is 23.2 Å². The van der Waals surface area contributed by atoms with E-state index in [1.807, 2.05) is 24.3 Å². The van der Waals surface area contributed by atoms with Crippen molar-refractivity contribution in [3.63, 3.8) is 0 Å². The average Bonchev–Trinajstić information content (AvgIpc) is 3.54. The Morgan fingerprint density at radius 1 is 0.679 bits per heavy atom. The molecule has 0 aliphatic rings. The average molecular weight is 847 g/mol.